The Morgan fingerprint density at radius 1 is 0.882 bits per heavy atom. The number of carbonyl (C=O) groups is 2. The highest BCUT2D eigenvalue weighted by molar-refractivity contribution is 6.30. The summed E-state index contributed by atoms with van der Waals surface area (Å²) < 4.78 is 10.9. The Morgan fingerprint density at radius 2 is 1.44 bits per heavy atom. The SMILES string of the molecule is CCOc1ccc(NC(=O)COc2ccc(/C=C(/C#N)C(=O)Nc3ccc(Cl)cc3)cc2)cc1. The Balaban J connectivity index is 1.53. The van der Waals surface area contributed by atoms with E-state index >= 15 is 0 Å². The minimum atomic E-state index is -0.531. The third kappa shape index (κ3) is 7.40. The summed E-state index contributed by atoms with van der Waals surface area (Å²) in [7, 11) is 0. The van der Waals surface area contributed by atoms with Crippen LogP contribution in [-0.4, -0.2) is 25.0 Å². The van der Waals surface area contributed by atoms with Crippen molar-refractivity contribution in [3.8, 4) is 17.6 Å². The first-order valence-corrected chi connectivity index (χ1v) is 10.8. The number of amides is 2. The summed E-state index contributed by atoms with van der Waals surface area (Å²) >= 11 is 5.84. The van der Waals surface area contributed by atoms with Crippen LogP contribution in [0.1, 0.15) is 12.5 Å². The second-order valence-corrected chi connectivity index (χ2v) is 7.43. The number of rotatable bonds is 9. The molecule has 0 spiro atoms. The zero-order valence-electron chi connectivity index (χ0n) is 18.4. The largest absolute Gasteiger partial charge is 0.494 e. The van der Waals surface area contributed by atoms with Crippen molar-refractivity contribution in [3.63, 3.8) is 0 Å². The molecule has 172 valence electrons. The molecule has 0 aliphatic carbocycles. The van der Waals surface area contributed by atoms with Gasteiger partial charge in [-0.2, -0.15) is 5.26 Å². The van der Waals surface area contributed by atoms with E-state index in [4.69, 9.17) is 21.1 Å². The maximum Gasteiger partial charge on any atom is 0.266 e. The fourth-order valence-electron chi connectivity index (χ4n) is 2.85. The number of hydrogen-bond donors (Lipinski definition) is 2. The van der Waals surface area contributed by atoms with Gasteiger partial charge in [-0.25, -0.2) is 0 Å². The van der Waals surface area contributed by atoms with Gasteiger partial charge in [0.2, 0.25) is 0 Å². The van der Waals surface area contributed by atoms with Crippen LogP contribution < -0.4 is 20.1 Å². The highest BCUT2D eigenvalue weighted by Crippen LogP contribution is 2.18. The smallest absolute Gasteiger partial charge is 0.266 e. The molecule has 34 heavy (non-hydrogen) atoms. The van der Waals surface area contributed by atoms with Crippen molar-refractivity contribution < 1.29 is 19.1 Å². The van der Waals surface area contributed by atoms with Crippen LogP contribution in [0.25, 0.3) is 6.08 Å². The van der Waals surface area contributed by atoms with Crippen molar-refractivity contribution in [2.24, 2.45) is 0 Å². The van der Waals surface area contributed by atoms with Gasteiger partial charge in [-0.3, -0.25) is 9.59 Å². The number of benzene rings is 3. The average Bonchev–Trinajstić information content (AvgIpc) is 2.84. The molecule has 2 N–H and O–H groups in total. The van der Waals surface area contributed by atoms with Gasteiger partial charge in [-0.15, -0.1) is 0 Å². The summed E-state index contributed by atoms with van der Waals surface area (Å²) in [6.07, 6.45) is 1.47. The van der Waals surface area contributed by atoms with Crippen molar-refractivity contribution in [2.45, 2.75) is 6.92 Å². The van der Waals surface area contributed by atoms with E-state index in [1.807, 2.05) is 13.0 Å². The van der Waals surface area contributed by atoms with Gasteiger partial charge in [0.25, 0.3) is 11.8 Å². The molecule has 8 heteroatoms. The van der Waals surface area contributed by atoms with Crippen LogP contribution >= 0.6 is 11.6 Å². The van der Waals surface area contributed by atoms with Gasteiger partial charge < -0.3 is 20.1 Å². The molecule has 0 aliphatic heterocycles. The van der Waals surface area contributed by atoms with Gasteiger partial charge >= 0.3 is 0 Å². The first-order chi connectivity index (χ1) is 16.5. The lowest BCUT2D eigenvalue weighted by Crippen LogP contribution is -2.20. The van der Waals surface area contributed by atoms with E-state index in [1.165, 1.54) is 6.08 Å². The van der Waals surface area contributed by atoms with Crippen molar-refractivity contribution >= 4 is 40.9 Å². The Bertz CT molecular complexity index is 1200. The summed E-state index contributed by atoms with van der Waals surface area (Å²) in [6, 6.07) is 22.2. The maximum absolute atomic E-state index is 12.4. The highest BCUT2D eigenvalue weighted by Gasteiger charge is 2.10. The minimum absolute atomic E-state index is 0.0571. The van der Waals surface area contributed by atoms with Crippen LogP contribution in [0, 0.1) is 11.3 Å². The molecule has 7 nitrogen and oxygen atoms in total. The monoisotopic (exact) mass is 475 g/mol. The minimum Gasteiger partial charge on any atom is -0.494 e. The molecular weight excluding hydrogens is 454 g/mol. The molecule has 0 saturated heterocycles. The summed E-state index contributed by atoms with van der Waals surface area (Å²) in [5.41, 5.74) is 1.74. The van der Waals surface area contributed by atoms with E-state index < -0.39 is 5.91 Å². The molecule has 0 atom stereocenters. The van der Waals surface area contributed by atoms with Gasteiger partial charge in [0.1, 0.15) is 23.1 Å². The topological polar surface area (TPSA) is 100 Å². The predicted octanol–water partition coefficient (Wildman–Crippen LogP) is 5.30. The average molecular weight is 476 g/mol. The predicted molar refractivity (Wildman–Crippen MR) is 132 cm³/mol. The molecule has 2 amide bonds. The number of nitrogens with zero attached hydrogens (tertiary/aromatic N) is 1. The van der Waals surface area contributed by atoms with Crippen LogP contribution in [0.4, 0.5) is 11.4 Å². The molecular formula is C26H22ClN3O4. The fraction of sp³-hybridized carbons (Fsp3) is 0.115. The van der Waals surface area contributed by atoms with E-state index in [0.717, 1.165) is 5.75 Å². The normalized spacial score (nSPS) is 10.7. The Labute approximate surface area is 202 Å². The highest BCUT2D eigenvalue weighted by atomic mass is 35.5. The van der Waals surface area contributed by atoms with Crippen LogP contribution in [0.3, 0.4) is 0 Å². The van der Waals surface area contributed by atoms with E-state index in [1.54, 1.807) is 72.8 Å². The zero-order valence-corrected chi connectivity index (χ0v) is 19.1. The first-order valence-electron chi connectivity index (χ1n) is 10.4. The third-order valence-electron chi connectivity index (χ3n) is 4.48. The summed E-state index contributed by atoms with van der Waals surface area (Å²) in [5, 5.41) is 15.3. The van der Waals surface area contributed by atoms with E-state index in [9.17, 15) is 14.9 Å². The summed E-state index contributed by atoms with van der Waals surface area (Å²) in [6.45, 7) is 2.30. The lowest BCUT2D eigenvalue weighted by molar-refractivity contribution is -0.118. The molecule has 3 rings (SSSR count). The lowest BCUT2D eigenvalue weighted by Gasteiger charge is -2.09. The lowest BCUT2D eigenvalue weighted by atomic mass is 10.1. The molecule has 0 fully saturated rings. The fourth-order valence-corrected chi connectivity index (χ4v) is 2.98. The molecule has 0 saturated carbocycles. The van der Waals surface area contributed by atoms with Crippen molar-refractivity contribution in [1.82, 2.24) is 0 Å². The molecule has 0 unspecified atom stereocenters. The number of halogens is 1. The Morgan fingerprint density at radius 3 is 2.06 bits per heavy atom. The van der Waals surface area contributed by atoms with E-state index in [2.05, 4.69) is 10.6 Å². The number of nitrogens with one attached hydrogen (secondary N) is 2. The number of carbonyl (C=O) groups excluding carboxylic acids is 2. The summed E-state index contributed by atoms with van der Waals surface area (Å²) in [5.74, 6) is 0.367. The van der Waals surface area contributed by atoms with Gasteiger partial charge in [0.05, 0.1) is 6.61 Å². The molecule has 3 aromatic carbocycles. The van der Waals surface area contributed by atoms with E-state index in [0.29, 0.717) is 34.3 Å². The van der Waals surface area contributed by atoms with Crippen LogP contribution in [-0.2, 0) is 9.59 Å². The second-order valence-electron chi connectivity index (χ2n) is 6.99. The maximum atomic E-state index is 12.4. The van der Waals surface area contributed by atoms with Gasteiger partial charge in [-0.05, 0) is 79.2 Å². The van der Waals surface area contributed by atoms with Crippen LogP contribution in [0.5, 0.6) is 11.5 Å². The standard InChI is InChI=1S/C26H22ClN3O4/c1-2-33-23-13-9-21(10-14-23)29-25(31)17-34-24-11-3-18(4-12-24)15-19(16-28)26(32)30-22-7-5-20(27)6-8-22/h3-15H,2,17H2,1H3,(H,29,31)(H,30,32)/b19-15-. The van der Waals surface area contributed by atoms with Crippen molar-refractivity contribution in [2.75, 3.05) is 23.8 Å². The second kappa shape index (κ2) is 12.1. The molecule has 0 aromatic heterocycles. The van der Waals surface area contributed by atoms with Gasteiger partial charge in [0.15, 0.2) is 6.61 Å². The number of ether oxygens (including phenoxy) is 2. The van der Waals surface area contributed by atoms with Gasteiger partial charge in [-0.1, -0.05) is 23.7 Å². The Kier molecular flexibility index (Phi) is 8.67. The molecule has 0 bridgehead atoms. The first kappa shape index (κ1) is 24.4. The summed E-state index contributed by atoms with van der Waals surface area (Å²) in [4.78, 5) is 24.5. The number of hydrogen-bond acceptors (Lipinski definition) is 5. The number of anilines is 2. The van der Waals surface area contributed by atoms with Crippen molar-refractivity contribution in [3.05, 3.63) is 89.0 Å². The number of nitriles is 1. The van der Waals surface area contributed by atoms with E-state index in [-0.39, 0.29) is 18.1 Å². The van der Waals surface area contributed by atoms with Gasteiger partial charge in [0, 0.05) is 16.4 Å². The quantitative estimate of drug-likeness (QED) is 0.323. The molecule has 0 heterocycles. The molecule has 0 aliphatic rings. The Hall–Kier alpha value is -4.28. The zero-order chi connectivity index (χ0) is 24.3. The van der Waals surface area contributed by atoms with Crippen LogP contribution in [0.15, 0.2) is 78.4 Å². The molecule has 3 aromatic rings. The third-order valence-corrected chi connectivity index (χ3v) is 4.73. The van der Waals surface area contributed by atoms with Crippen LogP contribution in [0.2, 0.25) is 5.02 Å². The van der Waals surface area contributed by atoms with Crippen molar-refractivity contribution in [1.29, 1.82) is 5.26 Å². The molecule has 0 radical (unpaired) electrons.